The Kier molecular flexibility index (Phi) is 2.25. The van der Waals surface area contributed by atoms with Crippen molar-refractivity contribution in [1.29, 1.82) is 0 Å². The van der Waals surface area contributed by atoms with Crippen LogP contribution < -0.4 is 0 Å². The molecule has 2 aromatic heterocycles. The predicted octanol–water partition coefficient (Wildman–Crippen LogP) is 1.81. The van der Waals surface area contributed by atoms with Gasteiger partial charge in [-0.05, 0) is 24.4 Å². The number of aromatic nitrogens is 5. The van der Waals surface area contributed by atoms with Gasteiger partial charge in [-0.3, -0.25) is 0 Å². The zero-order valence-electron chi connectivity index (χ0n) is 7.07. The highest BCUT2D eigenvalue weighted by molar-refractivity contribution is 7.72. The topological polar surface area (TPSA) is 62.3 Å². The molecule has 2 heterocycles. The van der Waals surface area contributed by atoms with Crippen LogP contribution in [0.15, 0.2) is 0 Å². The smallest absolute Gasteiger partial charge is 0.217 e. The molecule has 0 saturated carbocycles. The van der Waals surface area contributed by atoms with E-state index in [2.05, 4.69) is 20.1 Å². The summed E-state index contributed by atoms with van der Waals surface area (Å²) in [6.07, 6.45) is 0. The summed E-state index contributed by atoms with van der Waals surface area (Å²) in [5.74, 6) is 0. The van der Waals surface area contributed by atoms with Crippen molar-refractivity contribution in [1.82, 2.24) is 24.7 Å². The number of H-pyrrole nitrogens is 2. The van der Waals surface area contributed by atoms with Crippen molar-refractivity contribution < 1.29 is 0 Å². The molecule has 0 spiro atoms. The lowest BCUT2D eigenvalue weighted by atomic mass is 10.5. The molecule has 8 heteroatoms. The van der Waals surface area contributed by atoms with Crippen molar-refractivity contribution in [3.8, 4) is 0 Å². The fraction of sp³-hybridized carbons (Fsp3) is 0.167. The van der Waals surface area contributed by atoms with E-state index in [-0.39, 0.29) is 0 Å². The first-order chi connectivity index (χ1) is 6.58. The molecule has 0 atom stereocenters. The number of rotatable bonds is 0. The first-order valence-corrected chi connectivity index (χ1v) is 4.88. The lowest BCUT2D eigenvalue weighted by Gasteiger charge is -1.99. The molecule has 5 nitrogen and oxygen atoms in total. The summed E-state index contributed by atoms with van der Waals surface area (Å²) in [6.45, 7) is 0. The molecule has 2 rings (SSSR count). The quantitative estimate of drug-likeness (QED) is 0.691. The minimum Gasteiger partial charge on any atom is -0.322 e. The van der Waals surface area contributed by atoms with E-state index in [0.717, 1.165) is 0 Å². The zero-order chi connectivity index (χ0) is 10.3. The molecule has 72 valence electrons. The molecule has 2 aromatic rings. The summed E-state index contributed by atoms with van der Waals surface area (Å²) in [4.78, 5) is 9.72. The Morgan fingerprint density at radius 2 is 1.93 bits per heavy atom. The van der Waals surface area contributed by atoms with Crippen LogP contribution in [0.3, 0.4) is 0 Å². The molecule has 0 aliphatic carbocycles. The van der Waals surface area contributed by atoms with Gasteiger partial charge in [0.2, 0.25) is 4.77 Å². The van der Waals surface area contributed by atoms with Gasteiger partial charge in [0.1, 0.15) is 4.64 Å². The Morgan fingerprint density at radius 1 is 1.21 bits per heavy atom. The van der Waals surface area contributed by atoms with Crippen molar-refractivity contribution in [2.75, 3.05) is 0 Å². The van der Waals surface area contributed by atoms with Crippen LogP contribution in [0.5, 0.6) is 0 Å². The molecule has 0 aliphatic heterocycles. The van der Waals surface area contributed by atoms with Gasteiger partial charge in [0.05, 0.1) is 0 Å². The highest BCUT2D eigenvalue weighted by Gasteiger charge is 2.00. The second-order valence-corrected chi connectivity index (χ2v) is 3.81. The zero-order valence-corrected chi connectivity index (χ0v) is 9.52. The lowest BCUT2D eigenvalue weighted by molar-refractivity contribution is 0.716. The maximum Gasteiger partial charge on any atom is 0.217 e. The van der Waals surface area contributed by atoms with Crippen molar-refractivity contribution in [3.63, 3.8) is 0 Å². The van der Waals surface area contributed by atoms with Gasteiger partial charge in [0.15, 0.2) is 15.9 Å². The maximum atomic E-state index is 5.05. The van der Waals surface area contributed by atoms with Crippen molar-refractivity contribution in [3.05, 3.63) is 14.2 Å². The Balaban J connectivity index is 3.11. The average Bonchev–Trinajstić information content (AvgIpc) is 2.08. The van der Waals surface area contributed by atoms with Gasteiger partial charge in [-0.2, -0.15) is 10.1 Å². The van der Waals surface area contributed by atoms with E-state index in [4.69, 9.17) is 36.7 Å². The first kappa shape index (κ1) is 9.56. The number of aryl methyl sites for hydroxylation is 1. The van der Waals surface area contributed by atoms with Gasteiger partial charge < -0.3 is 9.97 Å². The van der Waals surface area contributed by atoms with E-state index in [9.17, 15) is 0 Å². The van der Waals surface area contributed by atoms with Gasteiger partial charge in [-0.25, -0.2) is 4.68 Å². The summed E-state index contributed by atoms with van der Waals surface area (Å²) in [5, 5.41) is 4.15. The molecule has 0 saturated heterocycles. The van der Waals surface area contributed by atoms with Gasteiger partial charge in [-0.15, -0.1) is 0 Å². The molecule has 0 amide bonds. The van der Waals surface area contributed by atoms with E-state index in [1.54, 1.807) is 7.05 Å². The van der Waals surface area contributed by atoms with Crippen LogP contribution in [0, 0.1) is 14.2 Å². The normalized spacial score (nSPS) is 10.6. The molecule has 0 bridgehead atoms. The molecule has 0 fully saturated rings. The number of hydrogen-bond donors (Lipinski definition) is 2. The molecule has 2 N–H and O–H groups in total. The van der Waals surface area contributed by atoms with Crippen LogP contribution in [0.25, 0.3) is 11.2 Å². The SMILES string of the molecule is Cn1nc2c(=S)[nH]c(=S)[nH]c2nc1=S. The van der Waals surface area contributed by atoms with E-state index in [0.29, 0.717) is 25.3 Å². The minimum absolute atomic E-state index is 0.378. The number of fused-ring (bicyclic) bond motifs is 1. The Hall–Kier alpha value is -0.990. The second kappa shape index (κ2) is 3.30. The van der Waals surface area contributed by atoms with E-state index in [1.807, 2.05) is 0 Å². The van der Waals surface area contributed by atoms with E-state index in [1.165, 1.54) is 4.68 Å². The van der Waals surface area contributed by atoms with Gasteiger partial charge in [0.25, 0.3) is 0 Å². The molecular formula is C6H5N5S3. The third-order valence-electron chi connectivity index (χ3n) is 1.63. The molecule has 0 unspecified atom stereocenters. The summed E-state index contributed by atoms with van der Waals surface area (Å²) in [7, 11) is 1.71. The Morgan fingerprint density at radius 3 is 2.64 bits per heavy atom. The fourth-order valence-electron chi connectivity index (χ4n) is 1.00. The minimum atomic E-state index is 0.378. The Labute approximate surface area is 93.8 Å². The number of aromatic amines is 2. The molecule has 0 aliphatic rings. The predicted molar refractivity (Wildman–Crippen MR) is 59.7 cm³/mol. The maximum absolute atomic E-state index is 5.05. The van der Waals surface area contributed by atoms with Crippen LogP contribution in [0.2, 0.25) is 0 Å². The number of nitrogens with one attached hydrogen (secondary N) is 2. The standard InChI is InChI=1S/C6H5N5S3/c1-11-6(14)8-3-2(10-11)4(12)9-5(13)7-3/h1H3,(H2,7,8,9,12,13,14). The van der Waals surface area contributed by atoms with E-state index < -0.39 is 0 Å². The summed E-state index contributed by atoms with van der Waals surface area (Å²) in [5.41, 5.74) is 1.08. The molecular weight excluding hydrogens is 238 g/mol. The van der Waals surface area contributed by atoms with Crippen LogP contribution in [-0.2, 0) is 7.05 Å². The van der Waals surface area contributed by atoms with E-state index >= 15 is 0 Å². The highest BCUT2D eigenvalue weighted by atomic mass is 32.1. The summed E-state index contributed by atoms with van der Waals surface area (Å²) < 4.78 is 2.74. The second-order valence-electron chi connectivity index (χ2n) is 2.62. The van der Waals surface area contributed by atoms with Crippen LogP contribution in [0.1, 0.15) is 0 Å². The highest BCUT2D eigenvalue weighted by Crippen LogP contribution is 2.04. The van der Waals surface area contributed by atoms with Crippen LogP contribution >= 0.6 is 36.7 Å². The van der Waals surface area contributed by atoms with Gasteiger partial charge in [-0.1, -0.05) is 12.2 Å². The number of hydrogen-bond acceptors (Lipinski definition) is 5. The third kappa shape index (κ3) is 1.51. The largest absolute Gasteiger partial charge is 0.322 e. The number of nitrogens with zero attached hydrogens (tertiary/aromatic N) is 3. The molecule has 14 heavy (non-hydrogen) atoms. The lowest BCUT2D eigenvalue weighted by Crippen LogP contribution is -2.03. The van der Waals surface area contributed by atoms with Gasteiger partial charge >= 0.3 is 0 Å². The molecule has 0 aromatic carbocycles. The van der Waals surface area contributed by atoms with Gasteiger partial charge in [0, 0.05) is 7.05 Å². The Bertz CT molecular complexity index is 663. The summed E-state index contributed by atoms with van der Waals surface area (Å²) >= 11 is 14.9. The average molecular weight is 243 g/mol. The van der Waals surface area contributed by atoms with Crippen molar-refractivity contribution >= 4 is 47.8 Å². The van der Waals surface area contributed by atoms with Crippen LogP contribution in [-0.4, -0.2) is 24.7 Å². The molecule has 0 radical (unpaired) electrons. The third-order valence-corrected chi connectivity index (χ3v) is 2.49. The van der Waals surface area contributed by atoms with Crippen molar-refractivity contribution in [2.24, 2.45) is 7.05 Å². The summed E-state index contributed by atoms with van der Waals surface area (Å²) in [6, 6.07) is 0. The van der Waals surface area contributed by atoms with Crippen molar-refractivity contribution in [2.45, 2.75) is 0 Å². The fourth-order valence-corrected chi connectivity index (χ4v) is 1.64. The van der Waals surface area contributed by atoms with Crippen LogP contribution in [0.4, 0.5) is 0 Å². The monoisotopic (exact) mass is 243 g/mol. The first-order valence-electron chi connectivity index (χ1n) is 3.65.